The van der Waals surface area contributed by atoms with Crippen molar-refractivity contribution in [1.29, 1.82) is 0 Å². The number of carbonyl (C=O) groups is 2. The van der Waals surface area contributed by atoms with Crippen molar-refractivity contribution in [1.82, 2.24) is 24.6 Å². The Kier molecular flexibility index (Phi) is 5.97. The minimum atomic E-state index is -0.289. The van der Waals surface area contributed by atoms with E-state index >= 15 is 0 Å². The molecule has 0 bridgehead atoms. The Hall–Kier alpha value is -3.10. The fraction of sp³-hybridized carbons (Fsp3) is 0.360. The summed E-state index contributed by atoms with van der Waals surface area (Å²) in [5.74, 6) is -0.326. The van der Waals surface area contributed by atoms with Crippen LogP contribution in [0.25, 0.3) is 0 Å². The van der Waals surface area contributed by atoms with Gasteiger partial charge in [0.1, 0.15) is 5.69 Å². The van der Waals surface area contributed by atoms with Gasteiger partial charge in [-0.25, -0.2) is 0 Å². The van der Waals surface area contributed by atoms with E-state index in [0.29, 0.717) is 34.3 Å². The number of nitrogens with one attached hydrogen (secondary N) is 1. The number of nitrogens with zero attached hydrogens (tertiary/aromatic N) is 4. The third-order valence-corrected chi connectivity index (χ3v) is 7.70. The molecule has 1 aromatic carbocycles. The van der Waals surface area contributed by atoms with E-state index in [-0.39, 0.29) is 42.0 Å². The number of aromatic amines is 1. The molecule has 10 heteroatoms. The fourth-order valence-corrected chi connectivity index (χ4v) is 5.29. The molecule has 0 saturated carbocycles. The number of fused-ring (bicyclic) bond motifs is 3. The van der Waals surface area contributed by atoms with Gasteiger partial charge >= 0.3 is 0 Å². The monoisotopic (exact) mass is 513 g/mol. The molecule has 1 N–H and O–H groups in total. The lowest BCUT2D eigenvalue weighted by atomic mass is 9.96. The van der Waals surface area contributed by atoms with Crippen LogP contribution in [-0.2, 0) is 13.0 Å². The van der Waals surface area contributed by atoms with Gasteiger partial charge in [0.2, 0.25) is 5.56 Å². The number of hydrogen-bond acceptors (Lipinski definition) is 4. The first-order valence-corrected chi connectivity index (χ1v) is 12.3. The Labute approximate surface area is 212 Å². The van der Waals surface area contributed by atoms with Gasteiger partial charge in [0.05, 0.1) is 34.4 Å². The van der Waals surface area contributed by atoms with E-state index in [1.165, 1.54) is 6.07 Å². The van der Waals surface area contributed by atoms with Crippen LogP contribution in [0.15, 0.2) is 41.3 Å². The van der Waals surface area contributed by atoms with Gasteiger partial charge in [-0.2, -0.15) is 5.10 Å². The Balaban J connectivity index is 1.49. The van der Waals surface area contributed by atoms with E-state index in [4.69, 9.17) is 28.3 Å². The maximum atomic E-state index is 13.7. The summed E-state index contributed by atoms with van der Waals surface area (Å²) in [6.45, 7) is 6.66. The predicted octanol–water partition coefficient (Wildman–Crippen LogP) is 4.24. The molecular formula is C25H25Cl2N5O3. The number of benzene rings is 1. The Morgan fingerprint density at radius 1 is 1.11 bits per heavy atom. The Morgan fingerprint density at radius 3 is 2.60 bits per heavy atom. The number of carbonyl (C=O) groups excluding carboxylic acids is 2. The van der Waals surface area contributed by atoms with Gasteiger partial charge in [-0.05, 0) is 50.6 Å². The third kappa shape index (κ3) is 4.04. The lowest BCUT2D eigenvalue weighted by Gasteiger charge is -2.37. The van der Waals surface area contributed by atoms with Crippen LogP contribution in [-0.4, -0.2) is 49.0 Å². The zero-order valence-electron chi connectivity index (χ0n) is 19.6. The SMILES string of the molecule is CC(c1cc[nH]c(=O)c1)N1C[C@@H](C)n2nc3c(c2C1=O)CN(C(=O)c1ccc(Cl)c(Cl)c1)[C@H](C)C3. The molecule has 0 fully saturated rings. The molecule has 2 aliphatic rings. The van der Waals surface area contributed by atoms with Crippen LogP contribution in [0.3, 0.4) is 0 Å². The first kappa shape index (κ1) is 23.6. The molecule has 2 aromatic heterocycles. The van der Waals surface area contributed by atoms with Gasteiger partial charge in [0.15, 0.2) is 0 Å². The predicted molar refractivity (Wildman–Crippen MR) is 133 cm³/mol. The number of rotatable bonds is 3. The molecule has 0 aliphatic carbocycles. The van der Waals surface area contributed by atoms with Gasteiger partial charge in [0, 0.05) is 42.4 Å². The third-order valence-electron chi connectivity index (χ3n) is 6.96. The molecule has 5 rings (SSSR count). The van der Waals surface area contributed by atoms with Crippen molar-refractivity contribution in [2.45, 2.75) is 51.9 Å². The quantitative estimate of drug-likeness (QED) is 0.566. The average molecular weight is 514 g/mol. The van der Waals surface area contributed by atoms with Crippen molar-refractivity contribution in [3.8, 4) is 0 Å². The van der Waals surface area contributed by atoms with E-state index in [9.17, 15) is 14.4 Å². The van der Waals surface area contributed by atoms with E-state index in [1.54, 1.807) is 38.9 Å². The largest absolute Gasteiger partial charge is 0.331 e. The van der Waals surface area contributed by atoms with Gasteiger partial charge < -0.3 is 14.8 Å². The van der Waals surface area contributed by atoms with Crippen LogP contribution >= 0.6 is 23.2 Å². The molecule has 2 aliphatic heterocycles. The summed E-state index contributed by atoms with van der Waals surface area (Å²) >= 11 is 12.2. The van der Waals surface area contributed by atoms with Gasteiger partial charge in [-0.15, -0.1) is 0 Å². The minimum absolute atomic E-state index is 0.0488. The molecule has 2 amide bonds. The highest BCUT2D eigenvalue weighted by molar-refractivity contribution is 6.42. The normalized spacial score (nSPS) is 20.4. The number of aromatic nitrogens is 3. The molecule has 3 atom stereocenters. The lowest BCUT2D eigenvalue weighted by molar-refractivity contribution is 0.0574. The maximum Gasteiger partial charge on any atom is 0.273 e. The van der Waals surface area contributed by atoms with E-state index in [0.717, 1.165) is 16.8 Å². The molecule has 0 saturated heterocycles. The van der Waals surface area contributed by atoms with Gasteiger partial charge in [-0.1, -0.05) is 23.2 Å². The summed E-state index contributed by atoms with van der Waals surface area (Å²) in [4.78, 5) is 45.1. The lowest BCUT2D eigenvalue weighted by Crippen LogP contribution is -2.45. The summed E-state index contributed by atoms with van der Waals surface area (Å²) in [6, 6.07) is 7.73. The zero-order valence-corrected chi connectivity index (χ0v) is 21.1. The van der Waals surface area contributed by atoms with Crippen molar-refractivity contribution in [2.75, 3.05) is 6.54 Å². The molecule has 1 unspecified atom stereocenters. The molecule has 0 radical (unpaired) electrons. The minimum Gasteiger partial charge on any atom is -0.331 e. The summed E-state index contributed by atoms with van der Waals surface area (Å²) in [7, 11) is 0. The standard InChI is InChI=1S/C25H25Cl2N5O3/c1-13-8-21-18(12-30(13)24(34)17-4-5-19(26)20(27)9-17)23-25(35)31(11-14(2)32(23)29-21)15(3)16-6-7-28-22(33)10-16/h4-7,9-10,13-15H,8,11-12H2,1-3H3,(H,28,33)/t13-,14-,15?/m1/s1. The molecular weight excluding hydrogens is 489 g/mol. The summed E-state index contributed by atoms with van der Waals surface area (Å²) < 4.78 is 1.80. The van der Waals surface area contributed by atoms with Crippen molar-refractivity contribution >= 4 is 35.0 Å². The first-order valence-electron chi connectivity index (χ1n) is 11.5. The van der Waals surface area contributed by atoms with Crippen LogP contribution in [0, 0.1) is 0 Å². The topological polar surface area (TPSA) is 91.3 Å². The van der Waals surface area contributed by atoms with Crippen molar-refractivity contribution in [3.63, 3.8) is 0 Å². The summed E-state index contributed by atoms with van der Waals surface area (Å²) in [5.41, 5.74) is 3.13. The summed E-state index contributed by atoms with van der Waals surface area (Å²) in [6.07, 6.45) is 2.14. The second kappa shape index (κ2) is 8.84. The van der Waals surface area contributed by atoms with Gasteiger partial charge in [-0.3, -0.25) is 19.1 Å². The number of hydrogen-bond donors (Lipinski definition) is 1. The highest BCUT2D eigenvalue weighted by Gasteiger charge is 2.40. The van der Waals surface area contributed by atoms with E-state index < -0.39 is 0 Å². The second-order valence-electron chi connectivity index (χ2n) is 9.30. The van der Waals surface area contributed by atoms with Crippen LogP contribution in [0.1, 0.15) is 70.5 Å². The highest BCUT2D eigenvalue weighted by atomic mass is 35.5. The van der Waals surface area contributed by atoms with Crippen molar-refractivity contribution in [2.24, 2.45) is 0 Å². The summed E-state index contributed by atoms with van der Waals surface area (Å²) in [5, 5.41) is 5.49. The Bertz CT molecular complexity index is 1400. The molecule has 8 nitrogen and oxygen atoms in total. The second-order valence-corrected chi connectivity index (χ2v) is 10.1. The maximum absolute atomic E-state index is 13.7. The molecule has 4 heterocycles. The van der Waals surface area contributed by atoms with E-state index in [1.807, 2.05) is 26.8 Å². The molecule has 182 valence electrons. The number of amides is 2. The first-order chi connectivity index (χ1) is 16.7. The highest BCUT2D eigenvalue weighted by Crippen LogP contribution is 2.35. The van der Waals surface area contributed by atoms with Crippen LogP contribution in [0.4, 0.5) is 0 Å². The van der Waals surface area contributed by atoms with Crippen LogP contribution in [0.2, 0.25) is 10.0 Å². The average Bonchev–Trinajstić information content (AvgIpc) is 3.20. The van der Waals surface area contributed by atoms with Crippen LogP contribution < -0.4 is 5.56 Å². The van der Waals surface area contributed by atoms with Gasteiger partial charge in [0.25, 0.3) is 11.8 Å². The van der Waals surface area contributed by atoms with E-state index in [2.05, 4.69) is 4.98 Å². The van der Waals surface area contributed by atoms with Crippen LogP contribution in [0.5, 0.6) is 0 Å². The van der Waals surface area contributed by atoms with Crippen molar-refractivity contribution < 1.29 is 9.59 Å². The number of pyridine rings is 1. The molecule has 35 heavy (non-hydrogen) atoms. The fourth-order valence-electron chi connectivity index (χ4n) is 4.99. The van der Waals surface area contributed by atoms with Crippen molar-refractivity contribution in [3.05, 3.63) is 85.0 Å². The number of halogens is 2. The Morgan fingerprint density at radius 2 is 1.89 bits per heavy atom. The molecule has 0 spiro atoms. The molecule has 3 aromatic rings. The number of H-pyrrole nitrogens is 1. The smallest absolute Gasteiger partial charge is 0.273 e. The zero-order chi connectivity index (χ0) is 25.0.